The van der Waals surface area contributed by atoms with Gasteiger partial charge in [0, 0.05) is 16.6 Å². The van der Waals surface area contributed by atoms with Crippen LogP contribution in [0.1, 0.15) is 29.1 Å². The van der Waals surface area contributed by atoms with E-state index >= 15 is 0 Å². The predicted molar refractivity (Wildman–Crippen MR) is 88.7 cm³/mol. The molecule has 22 heavy (non-hydrogen) atoms. The van der Waals surface area contributed by atoms with Crippen LogP contribution >= 0.6 is 23.8 Å². The Morgan fingerprint density at radius 3 is 2.95 bits per heavy atom. The molecule has 0 spiro atoms. The summed E-state index contributed by atoms with van der Waals surface area (Å²) in [5.74, 6) is 0.421. The average Bonchev–Trinajstić information content (AvgIpc) is 2.90. The molecule has 0 fully saturated rings. The van der Waals surface area contributed by atoms with E-state index in [1.807, 2.05) is 25.1 Å². The lowest BCUT2D eigenvalue weighted by molar-refractivity contribution is 0.0935. The molecule has 112 valence electrons. The Labute approximate surface area is 137 Å². The van der Waals surface area contributed by atoms with Crippen LogP contribution in [-0.2, 0) is 0 Å². The number of furan rings is 1. The molecule has 3 aromatic rings. The van der Waals surface area contributed by atoms with Gasteiger partial charge in [0.05, 0.1) is 11.6 Å². The van der Waals surface area contributed by atoms with E-state index in [4.69, 9.17) is 28.2 Å². The van der Waals surface area contributed by atoms with Crippen LogP contribution in [0.4, 0.5) is 0 Å². The molecule has 2 heterocycles. The number of halogens is 1. The van der Waals surface area contributed by atoms with Crippen LogP contribution in [0.2, 0.25) is 5.02 Å². The number of amides is 1. The molecule has 0 unspecified atom stereocenters. The van der Waals surface area contributed by atoms with Crippen molar-refractivity contribution < 1.29 is 9.21 Å². The van der Waals surface area contributed by atoms with E-state index in [0.29, 0.717) is 21.0 Å². The summed E-state index contributed by atoms with van der Waals surface area (Å²) in [5, 5.41) is 4.43. The van der Waals surface area contributed by atoms with Gasteiger partial charge in [-0.25, -0.2) is 0 Å². The summed E-state index contributed by atoms with van der Waals surface area (Å²) in [6.07, 6.45) is 1.69. The molecule has 0 aliphatic heterocycles. The minimum absolute atomic E-state index is 0.243. The van der Waals surface area contributed by atoms with E-state index in [1.165, 1.54) is 0 Å². The number of H-pyrrole nitrogens is 1. The third kappa shape index (κ3) is 2.91. The number of hydrogen-bond acceptors (Lipinski definition) is 3. The largest absolute Gasteiger partial charge is 0.459 e. The Balaban J connectivity index is 1.84. The second kappa shape index (κ2) is 5.94. The summed E-state index contributed by atoms with van der Waals surface area (Å²) in [6, 6.07) is 10.4. The highest BCUT2D eigenvalue weighted by molar-refractivity contribution is 7.71. The van der Waals surface area contributed by atoms with Crippen LogP contribution in [0.25, 0.3) is 11.0 Å². The fraction of sp³-hybridized carbons (Fsp3) is 0.125. The number of pyridine rings is 1. The Morgan fingerprint density at radius 1 is 1.36 bits per heavy atom. The molecule has 6 heteroatoms. The molecule has 3 rings (SSSR count). The molecule has 0 aliphatic carbocycles. The smallest absolute Gasteiger partial charge is 0.254 e. The number of aromatic nitrogens is 1. The molecular formula is C16H13ClN2O2S. The second-order valence-electron chi connectivity index (χ2n) is 4.94. The Kier molecular flexibility index (Phi) is 4.00. The van der Waals surface area contributed by atoms with Gasteiger partial charge in [-0.05, 0) is 43.3 Å². The fourth-order valence-corrected chi connectivity index (χ4v) is 2.60. The molecule has 2 N–H and O–H groups in total. The maximum absolute atomic E-state index is 12.3. The summed E-state index contributed by atoms with van der Waals surface area (Å²) in [5.41, 5.74) is 1.17. The van der Waals surface area contributed by atoms with Gasteiger partial charge in [0.25, 0.3) is 5.91 Å². The Bertz CT molecular complexity index is 900. The SMILES string of the molecule is C[C@H](NC(=O)c1ccc[nH]c1=S)c1cc2cc(Cl)ccc2o1. The van der Waals surface area contributed by atoms with Crippen molar-refractivity contribution in [3.05, 3.63) is 63.6 Å². The molecule has 0 radical (unpaired) electrons. The summed E-state index contributed by atoms with van der Waals surface area (Å²) < 4.78 is 6.15. The normalized spacial score (nSPS) is 12.3. The number of nitrogens with one attached hydrogen (secondary N) is 2. The second-order valence-corrected chi connectivity index (χ2v) is 5.78. The van der Waals surface area contributed by atoms with Gasteiger partial charge in [0.1, 0.15) is 16.0 Å². The lowest BCUT2D eigenvalue weighted by Gasteiger charge is -2.11. The zero-order chi connectivity index (χ0) is 15.7. The summed E-state index contributed by atoms with van der Waals surface area (Å²) in [7, 11) is 0. The first-order valence-electron chi connectivity index (χ1n) is 6.72. The van der Waals surface area contributed by atoms with Gasteiger partial charge in [-0.2, -0.15) is 0 Å². The lowest BCUT2D eigenvalue weighted by atomic mass is 10.2. The molecular weight excluding hydrogens is 320 g/mol. The van der Waals surface area contributed by atoms with Crippen LogP contribution in [-0.4, -0.2) is 10.9 Å². The lowest BCUT2D eigenvalue weighted by Crippen LogP contribution is -2.26. The monoisotopic (exact) mass is 332 g/mol. The topological polar surface area (TPSA) is 58.0 Å². The highest BCUT2D eigenvalue weighted by atomic mass is 35.5. The molecule has 1 aromatic carbocycles. The number of rotatable bonds is 3. The van der Waals surface area contributed by atoms with Gasteiger partial charge in [-0.3, -0.25) is 4.79 Å². The number of hydrogen-bond donors (Lipinski definition) is 2. The molecule has 0 saturated carbocycles. The van der Waals surface area contributed by atoms with E-state index in [1.54, 1.807) is 24.4 Å². The van der Waals surface area contributed by atoms with Gasteiger partial charge in [-0.1, -0.05) is 23.8 Å². The van der Waals surface area contributed by atoms with Crippen LogP contribution < -0.4 is 5.32 Å². The quantitative estimate of drug-likeness (QED) is 0.687. The molecule has 0 saturated heterocycles. The molecule has 1 amide bonds. The maximum atomic E-state index is 12.3. The summed E-state index contributed by atoms with van der Waals surface area (Å²) >= 11 is 11.1. The summed E-state index contributed by atoms with van der Waals surface area (Å²) in [6.45, 7) is 1.85. The van der Waals surface area contributed by atoms with Crippen molar-refractivity contribution in [1.82, 2.24) is 10.3 Å². The van der Waals surface area contributed by atoms with Crippen LogP contribution in [0.15, 0.2) is 47.0 Å². The fourth-order valence-electron chi connectivity index (χ4n) is 2.19. The number of fused-ring (bicyclic) bond motifs is 1. The van der Waals surface area contributed by atoms with Gasteiger partial charge < -0.3 is 14.7 Å². The van der Waals surface area contributed by atoms with Crippen molar-refractivity contribution in [2.75, 3.05) is 0 Å². The molecule has 1 atom stereocenters. The van der Waals surface area contributed by atoms with Gasteiger partial charge in [-0.15, -0.1) is 0 Å². The van der Waals surface area contributed by atoms with E-state index in [2.05, 4.69) is 10.3 Å². The molecule has 0 bridgehead atoms. The Hall–Kier alpha value is -2.11. The third-order valence-electron chi connectivity index (χ3n) is 3.33. The van der Waals surface area contributed by atoms with Gasteiger partial charge >= 0.3 is 0 Å². The van der Waals surface area contributed by atoms with E-state index in [0.717, 1.165) is 11.0 Å². The minimum Gasteiger partial charge on any atom is -0.459 e. The third-order valence-corrected chi connectivity index (χ3v) is 3.91. The van der Waals surface area contributed by atoms with Gasteiger partial charge in [0.2, 0.25) is 0 Å². The first-order chi connectivity index (χ1) is 10.5. The van der Waals surface area contributed by atoms with E-state index in [-0.39, 0.29) is 11.9 Å². The predicted octanol–water partition coefficient (Wildman–Crippen LogP) is 4.63. The van der Waals surface area contributed by atoms with Crippen LogP contribution in [0.3, 0.4) is 0 Å². The minimum atomic E-state index is -0.284. The van der Waals surface area contributed by atoms with Crippen molar-refractivity contribution in [2.24, 2.45) is 0 Å². The molecule has 2 aromatic heterocycles. The zero-order valence-electron chi connectivity index (χ0n) is 11.7. The Morgan fingerprint density at radius 2 is 2.18 bits per heavy atom. The molecule has 4 nitrogen and oxygen atoms in total. The van der Waals surface area contributed by atoms with E-state index in [9.17, 15) is 4.79 Å². The number of carbonyl (C=O) groups is 1. The van der Waals surface area contributed by atoms with Crippen molar-refractivity contribution in [3.63, 3.8) is 0 Å². The first-order valence-corrected chi connectivity index (χ1v) is 7.51. The number of carbonyl (C=O) groups excluding carboxylic acids is 1. The zero-order valence-corrected chi connectivity index (χ0v) is 13.3. The standard InChI is InChI=1S/C16H13ClN2O2S/c1-9(19-15(20)12-3-2-6-18-16(12)22)14-8-10-7-11(17)4-5-13(10)21-14/h2-9H,1H3,(H,18,22)(H,19,20)/t9-/m0/s1. The summed E-state index contributed by atoms with van der Waals surface area (Å²) in [4.78, 5) is 15.1. The van der Waals surface area contributed by atoms with Crippen molar-refractivity contribution in [2.45, 2.75) is 13.0 Å². The van der Waals surface area contributed by atoms with Crippen molar-refractivity contribution in [3.8, 4) is 0 Å². The van der Waals surface area contributed by atoms with Crippen LogP contribution in [0.5, 0.6) is 0 Å². The van der Waals surface area contributed by atoms with Gasteiger partial charge in [0.15, 0.2) is 0 Å². The van der Waals surface area contributed by atoms with Crippen molar-refractivity contribution >= 4 is 40.7 Å². The maximum Gasteiger partial charge on any atom is 0.254 e. The van der Waals surface area contributed by atoms with Crippen molar-refractivity contribution in [1.29, 1.82) is 0 Å². The van der Waals surface area contributed by atoms with E-state index < -0.39 is 0 Å². The van der Waals surface area contributed by atoms with Crippen LogP contribution in [0, 0.1) is 4.64 Å². The number of benzene rings is 1. The number of aromatic amines is 1. The highest BCUT2D eigenvalue weighted by Gasteiger charge is 2.16. The first kappa shape index (κ1) is 14.8. The molecule has 0 aliphatic rings. The highest BCUT2D eigenvalue weighted by Crippen LogP contribution is 2.26. The average molecular weight is 333 g/mol.